The van der Waals surface area contributed by atoms with Gasteiger partial charge in [0.05, 0.1) is 4.99 Å². The maximum atomic E-state index is 11.8. The maximum absolute atomic E-state index is 11.8. The summed E-state index contributed by atoms with van der Waals surface area (Å²) in [5.74, 6) is -0.786. The van der Waals surface area contributed by atoms with Gasteiger partial charge in [0, 0.05) is 45.3 Å². The molecule has 1 saturated heterocycles. The Labute approximate surface area is 117 Å². The molecule has 0 aromatic carbocycles. The van der Waals surface area contributed by atoms with Crippen LogP contribution in [0.15, 0.2) is 0 Å². The first kappa shape index (κ1) is 15.6. The molecule has 0 bridgehead atoms. The fourth-order valence-electron chi connectivity index (χ4n) is 1.88. The molecule has 1 unspecified atom stereocenters. The lowest BCUT2D eigenvalue weighted by Crippen LogP contribution is -2.36. The number of amides is 3. The minimum absolute atomic E-state index is 0.128. The molecule has 1 fully saturated rings. The van der Waals surface area contributed by atoms with E-state index in [1.807, 2.05) is 0 Å². The minimum atomic E-state index is -0.269. The molecule has 0 aromatic rings. The van der Waals surface area contributed by atoms with E-state index in [0.29, 0.717) is 18.0 Å². The second kappa shape index (κ2) is 6.60. The molecule has 1 rings (SSSR count). The topological polar surface area (TPSA) is 83.7 Å². The van der Waals surface area contributed by atoms with Crippen LogP contribution < -0.4 is 5.73 Å². The van der Waals surface area contributed by atoms with Crippen LogP contribution in [0.2, 0.25) is 0 Å². The van der Waals surface area contributed by atoms with E-state index in [1.165, 1.54) is 9.80 Å². The highest BCUT2D eigenvalue weighted by Crippen LogP contribution is 2.18. The zero-order valence-electron chi connectivity index (χ0n) is 11.2. The molecule has 6 nitrogen and oxygen atoms in total. The molecular weight excluding hydrogens is 266 g/mol. The zero-order valence-corrected chi connectivity index (χ0v) is 12.0. The maximum Gasteiger partial charge on any atom is 0.232 e. The van der Waals surface area contributed by atoms with Crippen molar-refractivity contribution in [1.82, 2.24) is 9.80 Å². The van der Waals surface area contributed by atoms with E-state index in [4.69, 9.17) is 18.0 Å². The molecule has 106 valence electrons. The Hall–Kier alpha value is -1.50. The number of likely N-dealkylation sites (tertiary alicyclic amines) is 1. The van der Waals surface area contributed by atoms with Gasteiger partial charge in [-0.2, -0.15) is 0 Å². The zero-order chi connectivity index (χ0) is 14.6. The van der Waals surface area contributed by atoms with Crippen LogP contribution in [0.1, 0.15) is 26.2 Å². The smallest absolute Gasteiger partial charge is 0.232 e. The average molecular weight is 285 g/mol. The predicted molar refractivity (Wildman–Crippen MR) is 74.2 cm³/mol. The Kier molecular flexibility index (Phi) is 5.41. The molecule has 0 aromatic heterocycles. The summed E-state index contributed by atoms with van der Waals surface area (Å²) in [5.41, 5.74) is 5.36. The molecule has 0 saturated carbocycles. The first-order valence-corrected chi connectivity index (χ1v) is 6.60. The standard InChI is InChI=1S/C12H19N3O3S/c1-8-7-11(17)15(12(8)18)6-4-10(16)14(2)5-3-9(13)19/h8H,3-7H2,1-2H3,(H2,13,19). The Morgan fingerprint density at radius 2 is 2.11 bits per heavy atom. The SMILES string of the molecule is CC1CC(=O)N(CCC(=O)N(C)CCC(N)=S)C1=O. The summed E-state index contributed by atoms with van der Waals surface area (Å²) < 4.78 is 0. The van der Waals surface area contributed by atoms with Crippen molar-refractivity contribution in [2.45, 2.75) is 26.2 Å². The Balaban J connectivity index is 2.40. The average Bonchev–Trinajstić information content (AvgIpc) is 2.58. The summed E-state index contributed by atoms with van der Waals surface area (Å²) in [6.07, 6.45) is 0.846. The third-order valence-electron chi connectivity index (χ3n) is 3.14. The quantitative estimate of drug-likeness (QED) is 0.544. The van der Waals surface area contributed by atoms with Crippen molar-refractivity contribution in [1.29, 1.82) is 0 Å². The molecular formula is C12H19N3O3S. The van der Waals surface area contributed by atoms with Crippen LogP contribution in [-0.4, -0.2) is 52.6 Å². The summed E-state index contributed by atoms with van der Waals surface area (Å²) in [6.45, 7) is 2.32. The summed E-state index contributed by atoms with van der Waals surface area (Å²) in [7, 11) is 1.65. The monoisotopic (exact) mass is 285 g/mol. The highest BCUT2D eigenvalue weighted by Gasteiger charge is 2.35. The number of carbonyl (C=O) groups excluding carboxylic acids is 3. The molecule has 1 aliphatic heterocycles. The van der Waals surface area contributed by atoms with Gasteiger partial charge in [0.1, 0.15) is 0 Å². The minimum Gasteiger partial charge on any atom is -0.393 e. The van der Waals surface area contributed by atoms with Gasteiger partial charge in [-0.25, -0.2) is 0 Å². The van der Waals surface area contributed by atoms with Crippen molar-refractivity contribution in [3.63, 3.8) is 0 Å². The van der Waals surface area contributed by atoms with Crippen molar-refractivity contribution in [2.75, 3.05) is 20.1 Å². The van der Waals surface area contributed by atoms with Crippen LogP contribution in [0.4, 0.5) is 0 Å². The van der Waals surface area contributed by atoms with E-state index in [2.05, 4.69) is 0 Å². The first-order valence-electron chi connectivity index (χ1n) is 6.19. The summed E-state index contributed by atoms with van der Waals surface area (Å²) in [6, 6.07) is 0. The van der Waals surface area contributed by atoms with Crippen LogP contribution in [0.25, 0.3) is 0 Å². The molecule has 3 amide bonds. The van der Waals surface area contributed by atoms with Crippen molar-refractivity contribution in [3.8, 4) is 0 Å². The molecule has 0 radical (unpaired) electrons. The van der Waals surface area contributed by atoms with E-state index in [-0.39, 0.29) is 43.0 Å². The number of nitrogens with zero attached hydrogens (tertiary/aromatic N) is 2. The molecule has 7 heteroatoms. The van der Waals surface area contributed by atoms with Crippen LogP contribution in [0.5, 0.6) is 0 Å². The number of carbonyl (C=O) groups is 3. The van der Waals surface area contributed by atoms with Gasteiger partial charge in [-0.3, -0.25) is 19.3 Å². The molecule has 0 aliphatic carbocycles. The number of nitrogens with two attached hydrogens (primary N) is 1. The van der Waals surface area contributed by atoms with Crippen LogP contribution in [0.3, 0.4) is 0 Å². The van der Waals surface area contributed by atoms with Gasteiger partial charge in [0.15, 0.2) is 0 Å². The van der Waals surface area contributed by atoms with Crippen molar-refractivity contribution in [2.24, 2.45) is 11.7 Å². The van der Waals surface area contributed by atoms with E-state index < -0.39 is 0 Å². The third-order valence-corrected chi connectivity index (χ3v) is 3.34. The molecule has 1 heterocycles. The Morgan fingerprint density at radius 3 is 2.58 bits per heavy atom. The summed E-state index contributed by atoms with van der Waals surface area (Å²) >= 11 is 4.74. The number of thiocarbonyl (C=S) groups is 1. The molecule has 2 N–H and O–H groups in total. The largest absolute Gasteiger partial charge is 0.393 e. The first-order chi connectivity index (χ1) is 8.82. The van der Waals surface area contributed by atoms with Gasteiger partial charge in [0.2, 0.25) is 17.7 Å². The van der Waals surface area contributed by atoms with Crippen LogP contribution in [0, 0.1) is 5.92 Å². The van der Waals surface area contributed by atoms with Crippen molar-refractivity contribution in [3.05, 3.63) is 0 Å². The number of imide groups is 1. The Bertz CT molecular complexity index is 411. The van der Waals surface area contributed by atoms with E-state index >= 15 is 0 Å². The molecule has 0 spiro atoms. The molecule has 1 aliphatic rings. The van der Waals surface area contributed by atoms with Gasteiger partial charge in [-0.15, -0.1) is 0 Å². The summed E-state index contributed by atoms with van der Waals surface area (Å²) in [4.78, 5) is 38.0. The van der Waals surface area contributed by atoms with Crippen molar-refractivity contribution < 1.29 is 14.4 Å². The second-order valence-corrected chi connectivity index (χ2v) is 5.29. The van der Waals surface area contributed by atoms with Gasteiger partial charge in [-0.1, -0.05) is 19.1 Å². The van der Waals surface area contributed by atoms with Crippen LogP contribution in [-0.2, 0) is 14.4 Å². The molecule has 19 heavy (non-hydrogen) atoms. The second-order valence-electron chi connectivity index (χ2n) is 4.77. The lowest BCUT2D eigenvalue weighted by molar-refractivity contribution is -0.140. The van der Waals surface area contributed by atoms with Gasteiger partial charge in [-0.05, 0) is 0 Å². The van der Waals surface area contributed by atoms with Gasteiger partial charge >= 0.3 is 0 Å². The fourth-order valence-corrected chi connectivity index (χ4v) is 1.98. The highest BCUT2D eigenvalue weighted by atomic mass is 32.1. The number of hydrogen-bond donors (Lipinski definition) is 1. The van der Waals surface area contributed by atoms with Crippen molar-refractivity contribution >= 4 is 34.9 Å². The number of rotatable bonds is 6. The lowest BCUT2D eigenvalue weighted by atomic mass is 10.1. The normalized spacial score (nSPS) is 18.8. The van der Waals surface area contributed by atoms with Crippen LogP contribution >= 0.6 is 12.2 Å². The van der Waals surface area contributed by atoms with E-state index in [9.17, 15) is 14.4 Å². The Morgan fingerprint density at radius 1 is 1.47 bits per heavy atom. The number of hydrogen-bond acceptors (Lipinski definition) is 4. The van der Waals surface area contributed by atoms with E-state index in [0.717, 1.165) is 0 Å². The highest BCUT2D eigenvalue weighted by molar-refractivity contribution is 7.80. The lowest BCUT2D eigenvalue weighted by Gasteiger charge is -2.19. The fraction of sp³-hybridized carbons (Fsp3) is 0.667. The van der Waals surface area contributed by atoms with Gasteiger partial charge in [0.25, 0.3) is 0 Å². The predicted octanol–water partition coefficient (Wildman–Crippen LogP) is -0.0939. The summed E-state index contributed by atoms with van der Waals surface area (Å²) in [5, 5.41) is 0. The van der Waals surface area contributed by atoms with E-state index in [1.54, 1.807) is 14.0 Å². The molecule has 1 atom stereocenters. The third kappa shape index (κ3) is 4.27. The van der Waals surface area contributed by atoms with Gasteiger partial charge < -0.3 is 10.6 Å².